The van der Waals surface area contributed by atoms with Gasteiger partial charge in [0.2, 0.25) is 5.91 Å². The van der Waals surface area contributed by atoms with Gasteiger partial charge in [0.05, 0.1) is 0 Å². The number of rotatable bonds is 1. The van der Waals surface area contributed by atoms with Crippen LogP contribution in [0, 0.1) is 5.92 Å². The molecule has 0 aliphatic carbocycles. The van der Waals surface area contributed by atoms with E-state index in [-0.39, 0.29) is 5.92 Å². The zero-order chi connectivity index (χ0) is 12.5. The topological polar surface area (TPSA) is 29.5 Å². The maximum atomic E-state index is 12.4. The molecule has 4 heteroatoms. The summed E-state index contributed by atoms with van der Waals surface area (Å²) in [5.74, 6) is 0.452. The van der Waals surface area contributed by atoms with Crippen molar-refractivity contribution in [3.63, 3.8) is 0 Å². The summed E-state index contributed by atoms with van der Waals surface area (Å²) in [6, 6.07) is 6.18. The van der Waals surface area contributed by atoms with Crippen molar-refractivity contribution in [1.29, 1.82) is 0 Å². The Bertz CT molecular complexity index is 469. The summed E-state index contributed by atoms with van der Waals surface area (Å²) >= 11 is 3.56. The standard InChI is InChI=1S/C14H16BrNO2/c15-13-3-1-2-11-8-16(9-12(11)13)14(17)10-4-6-18-7-5-10/h1-3,10H,4-9H2. The van der Waals surface area contributed by atoms with Gasteiger partial charge in [-0.3, -0.25) is 4.79 Å². The number of fused-ring (bicyclic) bond motifs is 1. The molecule has 0 saturated carbocycles. The fraction of sp³-hybridized carbons (Fsp3) is 0.500. The number of carbonyl (C=O) groups excluding carboxylic acids is 1. The van der Waals surface area contributed by atoms with Gasteiger partial charge in [-0.2, -0.15) is 0 Å². The van der Waals surface area contributed by atoms with Crippen LogP contribution in [-0.4, -0.2) is 24.0 Å². The lowest BCUT2D eigenvalue weighted by Crippen LogP contribution is -2.35. The van der Waals surface area contributed by atoms with Crippen LogP contribution in [0.5, 0.6) is 0 Å². The summed E-state index contributed by atoms with van der Waals surface area (Å²) in [4.78, 5) is 14.4. The van der Waals surface area contributed by atoms with E-state index >= 15 is 0 Å². The minimum Gasteiger partial charge on any atom is -0.381 e. The molecule has 2 aliphatic rings. The average Bonchev–Trinajstić information content (AvgIpc) is 2.84. The van der Waals surface area contributed by atoms with Crippen LogP contribution in [0.25, 0.3) is 0 Å². The zero-order valence-electron chi connectivity index (χ0n) is 10.2. The summed E-state index contributed by atoms with van der Waals surface area (Å²) in [6.45, 7) is 2.94. The molecule has 1 amide bonds. The second-order valence-corrected chi connectivity index (χ2v) is 5.81. The maximum Gasteiger partial charge on any atom is 0.226 e. The summed E-state index contributed by atoms with van der Waals surface area (Å²) < 4.78 is 6.43. The Morgan fingerprint density at radius 1 is 1.28 bits per heavy atom. The Kier molecular flexibility index (Phi) is 3.39. The van der Waals surface area contributed by atoms with Crippen molar-refractivity contribution < 1.29 is 9.53 Å². The molecule has 3 rings (SSSR count). The third-order valence-corrected chi connectivity index (χ3v) is 4.55. The van der Waals surface area contributed by atoms with Crippen LogP contribution in [-0.2, 0) is 22.6 Å². The van der Waals surface area contributed by atoms with E-state index in [0.717, 1.165) is 43.6 Å². The average molecular weight is 310 g/mol. The highest BCUT2D eigenvalue weighted by molar-refractivity contribution is 9.10. The van der Waals surface area contributed by atoms with Gasteiger partial charge in [-0.25, -0.2) is 0 Å². The third-order valence-electron chi connectivity index (χ3n) is 3.81. The smallest absolute Gasteiger partial charge is 0.226 e. The lowest BCUT2D eigenvalue weighted by molar-refractivity contribution is -0.139. The molecule has 2 heterocycles. The van der Waals surface area contributed by atoms with Gasteiger partial charge in [0.25, 0.3) is 0 Å². The predicted molar refractivity (Wildman–Crippen MR) is 71.9 cm³/mol. The van der Waals surface area contributed by atoms with Crippen LogP contribution in [0.4, 0.5) is 0 Å². The molecule has 1 fully saturated rings. The molecule has 0 atom stereocenters. The van der Waals surface area contributed by atoms with E-state index in [9.17, 15) is 4.79 Å². The second-order valence-electron chi connectivity index (χ2n) is 4.96. The van der Waals surface area contributed by atoms with Gasteiger partial charge in [0.15, 0.2) is 0 Å². The van der Waals surface area contributed by atoms with E-state index in [1.807, 2.05) is 17.0 Å². The van der Waals surface area contributed by atoms with E-state index in [0.29, 0.717) is 5.91 Å². The number of nitrogens with zero attached hydrogens (tertiary/aromatic N) is 1. The molecule has 0 radical (unpaired) electrons. The van der Waals surface area contributed by atoms with Crippen molar-refractivity contribution in [3.8, 4) is 0 Å². The Hall–Kier alpha value is -0.870. The van der Waals surface area contributed by atoms with Gasteiger partial charge in [0, 0.05) is 36.7 Å². The SMILES string of the molecule is O=C(C1CCOCC1)N1Cc2cccc(Br)c2C1. The quantitative estimate of drug-likeness (QED) is 0.798. The van der Waals surface area contributed by atoms with Crippen LogP contribution >= 0.6 is 15.9 Å². The minimum atomic E-state index is 0.159. The molecule has 1 aromatic carbocycles. The van der Waals surface area contributed by atoms with Crippen molar-refractivity contribution >= 4 is 21.8 Å². The lowest BCUT2D eigenvalue weighted by atomic mass is 9.99. The van der Waals surface area contributed by atoms with Gasteiger partial charge in [-0.1, -0.05) is 28.1 Å². The molecule has 1 saturated heterocycles. The van der Waals surface area contributed by atoms with Crippen molar-refractivity contribution in [2.45, 2.75) is 25.9 Å². The number of benzene rings is 1. The van der Waals surface area contributed by atoms with Crippen LogP contribution in [0.2, 0.25) is 0 Å². The summed E-state index contributed by atoms with van der Waals surface area (Å²) in [6.07, 6.45) is 1.74. The van der Waals surface area contributed by atoms with Crippen LogP contribution in [0.15, 0.2) is 22.7 Å². The lowest BCUT2D eigenvalue weighted by Gasteiger charge is -2.26. The maximum absolute atomic E-state index is 12.4. The fourth-order valence-corrected chi connectivity index (χ4v) is 3.27. The van der Waals surface area contributed by atoms with E-state index in [1.165, 1.54) is 11.1 Å². The van der Waals surface area contributed by atoms with Crippen LogP contribution < -0.4 is 0 Å². The molecular formula is C14H16BrNO2. The third kappa shape index (κ3) is 2.19. The Morgan fingerprint density at radius 2 is 2.06 bits per heavy atom. The first-order chi connectivity index (χ1) is 8.75. The highest BCUT2D eigenvalue weighted by Gasteiger charge is 2.30. The van der Waals surface area contributed by atoms with Gasteiger partial charge >= 0.3 is 0 Å². The predicted octanol–water partition coefficient (Wildman–Crippen LogP) is 2.72. The van der Waals surface area contributed by atoms with Gasteiger partial charge < -0.3 is 9.64 Å². The Balaban J connectivity index is 1.73. The van der Waals surface area contributed by atoms with Gasteiger partial charge in [0.1, 0.15) is 0 Å². The molecule has 96 valence electrons. The van der Waals surface area contributed by atoms with Gasteiger partial charge in [-0.05, 0) is 30.0 Å². The van der Waals surface area contributed by atoms with E-state index in [2.05, 4.69) is 22.0 Å². The molecule has 0 bridgehead atoms. The van der Waals surface area contributed by atoms with Crippen LogP contribution in [0.3, 0.4) is 0 Å². The van der Waals surface area contributed by atoms with Crippen molar-refractivity contribution in [3.05, 3.63) is 33.8 Å². The van der Waals surface area contributed by atoms with Crippen molar-refractivity contribution in [2.75, 3.05) is 13.2 Å². The first kappa shape index (κ1) is 12.2. The normalized spacial score (nSPS) is 19.9. The number of ether oxygens (including phenoxy) is 1. The number of hydrogen-bond acceptors (Lipinski definition) is 2. The molecule has 0 unspecified atom stereocenters. The summed E-state index contributed by atoms with van der Waals surface area (Å²) in [5.41, 5.74) is 2.53. The largest absolute Gasteiger partial charge is 0.381 e. The highest BCUT2D eigenvalue weighted by atomic mass is 79.9. The molecule has 18 heavy (non-hydrogen) atoms. The highest BCUT2D eigenvalue weighted by Crippen LogP contribution is 2.31. The van der Waals surface area contributed by atoms with Gasteiger partial charge in [-0.15, -0.1) is 0 Å². The Morgan fingerprint density at radius 3 is 2.78 bits per heavy atom. The molecule has 0 aromatic heterocycles. The van der Waals surface area contributed by atoms with Crippen molar-refractivity contribution in [2.24, 2.45) is 5.92 Å². The van der Waals surface area contributed by atoms with E-state index < -0.39 is 0 Å². The van der Waals surface area contributed by atoms with Crippen LogP contribution in [0.1, 0.15) is 24.0 Å². The molecule has 3 nitrogen and oxygen atoms in total. The monoisotopic (exact) mass is 309 g/mol. The minimum absolute atomic E-state index is 0.159. The number of hydrogen-bond donors (Lipinski definition) is 0. The molecule has 2 aliphatic heterocycles. The number of halogens is 1. The molecule has 0 spiro atoms. The zero-order valence-corrected chi connectivity index (χ0v) is 11.8. The second kappa shape index (κ2) is 5.02. The van der Waals surface area contributed by atoms with E-state index in [4.69, 9.17) is 4.74 Å². The van der Waals surface area contributed by atoms with E-state index in [1.54, 1.807) is 0 Å². The molecule has 1 aromatic rings. The Labute approximate surface area is 115 Å². The van der Waals surface area contributed by atoms with Crippen molar-refractivity contribution in [1.82, 2.24) is 4.90 Å². The summed E-state index contributed by atoms with van der Waals surface area (Å²) in [5, 5.41) is 0. The molecule has 0 N–H and O–H groups in total. The first-order valence-electron chi connectivity index (χ1n) is 6.38. The number of carbonyl (C=O) groups is 1. The number of amides is 1. The first-order valence-corrected chi connectivity index (χ1v) is 7.18. The fourth-order valence-electron chi connectivity index (χ4n) is 2.74. The summed E-state index contributed by atoms with van der Waals surface area (Å²) in [7, 11) is 0. The molecular weight excluding hydrogens is 294 g/mol.